The number of hydrogen-bond donors (Lipinski definition) is 1. The molecule has 1 N–H and O–H groups in total. The van der Waals surface area contributed by atoms with Crippen LogP contribution in [0.15, 0.2) is 109 Å². The molecule has 0 aromatic heterocycles. The van der Waals surface area contributed by atoms with Gasteiger partial charge in [0.1, 0.15) is 6.10 Å². The smallest absolute Gasteiger partial charge is 0.104 e. The van der Waals surface area contributed by atoms with Crippen LogP contribution in [0.25, 0.3) is 17.7 Å². The molecule has 0 saturated carbocycles. The van der Waals surface area contributed by atoms with Crippen molar-refractivity contribution in [3.63, 3.8) is 0 Å². The molecule has 0 spiro atoms. The van der Waals surface area contributed by atoms with Crippen LogP contribution in [0.1, 0.15) is 84.1 Å². The van der Waals surface area contributed by atoms with Crippen LogP contribution in [0.4, 0.5) is 0 Å². The van der Waals surface area contributed by atoms with Crippen LogP contribution in [-0.4, -0.2) is 29.6 Å². The highest BCUT2D eigenvalue weighted by Gasteiger charge is 2.27. The summed E-state index contributed by atoms with van der Waals surface area (Å²) in [5, 5.41) is 21.1. The molecule has 4 aromatic rings. The van der Waals surface area contributed by atoms with Crippen molar-refractivity contribution in [2.24, 2.45) is 0 Å². The molecule has 0 bridgehead atoms. The molecular weight excluding hydrogens is 560 g/mol. The standard InChI is InChI=1S/C40H40N2O.ClH/c1-40(29-41,35-17-11-16-34(28-35)39(43)33-14-3-2-4-15-33)24-9-10-25-42-26-22-32(23-27-42)38-36-18-7-5-12-30(36)20-21-31-13-6-8-19-37(31)38;/h2-8,11-21,28,39,43H,9-10,22-27H2,1H3;1H. The minimum atomic E-state index is -0.695. The molecule has 1 aliphatic heterocycles. The molecule has 2 aliphatic rings. The predicted octanol–water partition coefficient (Wildman–Crippen LogP) is 9.22. The molecule has 0 radical (unpaired) electrons. The molecule has 6 rings (SSSR count). The van der Waals surface area contributed by atoms with E-state index >= 15 is 0 Å². The summed E-state index contributed by atoms with van der Waals surface area (Å²) in [5.74, 6) is 0. The van der Waals surface area contributed by atoms with Crippen molar-refractivity contribution in [3.8, 4) is 6.07 Å². The molecule has 4 aromatic carbocycles. The second-order valence-corrected chi connectivity index (χ2v) is 12.2. The van der Waals surface area contributed by atoms with Crippen LogP contribution >= 0.6 is 12.4 Å². The van der Waals surface area contributed by atoms with E-state index in [9.17, 15) is 10.4 Å². The first-order valence-electron chi connectivity index (χ1n) is 15.6. The Morgan fingerprint density at radius 2 is 1.36 bits per heavy atom. The third kappa shape index (κ3) is 6.74. The third-order valence-corrected chi connectivity index (χ3v) is 9.32. The fourth-order valence-electron chi connectivity index (χ4n) is 6.70. The highest BCUT2D eigenvalue weighted by molar-refractivity contribution is 5.94. The van der Waals surface area contributed by atoms with Gasteiger partial charge < -0.3 is 10.0 Å². The second kappa shape index (κ2) is 14.2. The number of aliphatic hydroxyl groups is 1. The van der Waals surface area contributed by atoms with Gasteiger partial charge in [0.2, 0.25) is 0 Å². The van der Waals surface area contributed by atoms with Crippen molar-refractivity contribution < 1.29 is 5.11 Å². The quantitative estimate of drug-likeness (QED) is 0.181. The molecule has 0 amide bonds. The topological polar surface area (TPSA) is 47.3 Å². The summed E-state index contributed by atoms with van der Waals surface area (Å²) in [4.78, 5) is 2.59. The molecular formula is C40H41ClN2O. The van der Waals surface area contributed by atoms with Gasteiger partial charge in [-0.2, -0.15) is 5.26 Å². The maximum absolute atomic E-state index is 10.9. The Balaban J connectivity index is 0.00000384. The van der Waals surface area contributed by atoms with E-state index in [1.165, 1.54) is 27.8 Å². The molecule has 4 heteroatoms. The number of aliphatic hydroxyl groups excluding tert-OH is 1. The minimum absolute atomic E-state index is 0. The Morgan fingerprint density at radius 1 is 0.773 bits per heavy atom. The van der Waals surface area contributed by atoms with Crippen LogP contribution in [0.3, 0.4) is 0 Å². The van der Waals surface area contributed by atoms with E-state index in [4.69, 9.17) is 0 Å². The van der Waals surface area contributed by atoms with E-state index in [0.29, 0.717) is 0 Å². The lowest BCUT2D eigenvalue weighted by molar-refractivity contribution is 0.220. The van der Waals surface area contributed by atoms with E-state index in [-0.39, 0.29) is 12.4 Å². The molecule has 44 heavy (non-hydrogen) atoms. The largest absolute Gasteiger partial charge is 0.384 e. The van der Waals surface area contributed by atoms with Crippen LogP contribution in [0, 0.1) is 11.3 Å². The number of halogens is 1. The summed E-state index contributed by atoms with van der Waals surface area (Å²) in [6.07, 6.45) is 8.87. The first-order chi connectivity index (χ1) is 21.1. The fourth-order valence-corrected chi connectivity index (χ4v) is 6.70. The van der Waals surface area contributed by atoms with Crippen molar-refractivity contribution in [1.82, 2.24) is 4.90 Å². The summed E-state index contributed by atoms with van der Waals surface area (Å²) in [6.45, 7) is 5.25. The van der Waals surface area contributed by atoms with E-state index < -0.39 is 11.5 Å². The zero-order valence-corrected chi connectivity index (χ0v) is 26.3. The van der Waals surface area contributed by atoms with E-state index in [1.807, 2.05) is 61.5 Å². The van der Waals surface area contributed by atoms with Gasteiger partial charge in [0.15, 0.2) is 0 Å². The number of rotatable bonds is 8. The van der Waals surface area contributed by atoms with Crippen LogP contribution in [-0.2, 0) is 5.41 Å². The van der Waals surface area contributed by atoms with E-state index in [0.717, 1.165) is 68.4 Å². The second-order valence-electron chi connectivity index (χ2n) is 12.2. The van der Waals surface area contributed by atoms with Crippen molar-refractivity contribution in [2.45, 2.75) is 50.5 Å². The number of benzene rings is 4. The number of nitrogens with zero attached hydrogens (tertiary/aromatic N) is 2. The summed E-state index contributed by atoms with van der Waals surface area (Å²) in [7, 11) is 0. The van der Waals surface area contributed by atoms with E-state index in [1.54, 1.807) is 5.57 Å². The van der Waals surface area contributed by atoms with Gasteiger partial charge in [-0.25, -0.2) is 0 Å². The summed E-state index contributed by atoms with van der Waals surface area (Å²) in [5.41, 5.74) is 10.4. The van der Waals surface area contributed by atoms with E-state index in [2.05, 4.69) is 71.7 Å². The first kappa shape index (κ1) is 31.5. The van der Waals surface area contributed by atoms with Crippen molar-refractivity contribution in [2.75, 3.05) is 19.6 Å². The molecule has 224 valence electrons. The maximum Gasteiger partial charge on any atom is 0.104 e. The van der Waals surface area contributed by atoms with Gasteiger partial charge in [-0.05, 0) is 83.7 Å². The summed E-state index contributed by atoms with van der Waals surface area (Å²) >= 11 is 0. The average molecular weight is 601 g/mol. The summed E-state index contributed by atoms with van der Waals surface area (Å²) < 4.78 is 0. The van der Waals surface area contributed by atoms with Gasteiger partial charge in [-0.3, -0.25) is 0 Å². The van der Waals surface area contributed by atoms with Gasteiger partial charge in [-0.15, -0.1) is 12.4 Å². The number of hydrogen-bond acceptors (Lipinski definition) is 3. The van der Waals surface area contributed by atoms with Gasteiger partial charge in [0.25, 0.3) is 0 Å². The molecule has 1 aliphatic carbocycles. The lowest BCUT2D eigenvalue weighted by Gasteiger charge is -2.31. The highest BCUT2D eigenvalue weighted by Crippen LogP contribution is 2.39. The van der Waals surface area contributed by atoms with Crippen LogP contribution in [0.5, 0.6) is 0 Å². The minimum Gasteiger partial charge on any atom is -0.384 e. The lowest BCUT2D eigenvalue weighted by atomic mass is 9.78. The zero-order chi connectivity index (χ0) is 29.6. The molecule has 1 saturated heterocycles. The predicted molar refractivity (Wildman–Crippen MR) is 185 cm³/mol. The van der Waals surface area contributed by atoms with Gasteiger partial charge in [-0.1, -0.05) is 127 Å². The van der Waals surface area contributed by atoms with Gasteiger partial charge in [0, 0.05) is 13.1 Å². The zero-order valence-electron chi connectivity index (χ0n) is 25.5. The Morgan fingerprint density at radius 3 is 2.00 bits per heavy atom. The van der Waals surface area contributed by atoms with Crippen LogP contribution < -0.4 is 0 Å². The molecule has 1 heterocycles. The summed E-state index contributed by atoms with van der Waals surface area (Å²) in [6, 6.07) is 37.8. The van der Waals surface area contributed by atoms with Crippen molar-refractivity contribution >= 4 is 30.1 Å². The number of likely N-dealkylation sites (tertiary alicyclic amines) is 1. The maximum atomic E-state index is 10.9. The highest BCUT2D eigenvalue weighted by atomic mass is 35.5. The monoisotopic (exact) mass is 600 g/mol. The number of piperidine rings is 1. The molecule has 2 atom stereocenters. The number of unbranched alkanes of at least 4 members (excludes halogenated alkanes) is 1. The normalized spacial score (nSPS) is 16.5. The Hall–Kier alpha value is -3.94. The van der Waals surface area contributed by atoms with Crippen molar-refractivity contribution in [3.05, 3.63) is 148 Å². The SMILES string of the molecule is CC(C#N)(CCCCN1CCC(=C2c3ccccc3C=Cc3ccccc32)CC1)c1cccc(C(O)c2ccccc2)c1.Cl. The molecule has 1 fully saturated rings. The Labute approximate surface area is 268 Å². The lowest BCUT2D eigenvalue weighted by Crippen LogP contribution is -2.32. The first-order valence-corrected chi connectivity index (χ1v) is 15.6. The Bertz CT molecular complexity index is 1620. The van der Waals surface area contributed by atoms with Crippen molar-refractivity contribution in [1.29, 1.82) is 5.26 Å². The molecule has 3 nitrogen and oxygen atoms in total. The number of nitriles is 1. The van der Waals surface area contributed by atoms with Gasteiger partial charge in [0.05, 0.1) is 11.5 Å². The number of fused-ring (bicyclic) bond motifs is 2. The fraction of sp³-hybridized carbons (Fsp3) is 0.275. The van der Waals surface area contributed by atoms with Gasteiger partial charge >= 0.3 is 0 Å². The Kier molecular flexibility index (Phi) is 10.2. The third-order valence-electron chi connectivity index (χ3n) is 9.32. The molecule has 2 unspecified atom stereocenters. The van der Waals surface area contributed by atoms with Crippen LogP contribution in [0.2, 0.25) is 0 Å². The average Bonchev–Trinajstić information content (AvgIpc) is 3.24.